The first-order valence-corrected chi connectivity index (χ1v) is 6.18. The van der Waals surface area contributed by atoms with Crippen LogP contribution in [0.5, 0.6) is 0 Å². The first-order valence-electron chi connectivity index (χ1n) is 5.03. The van der Waals surface area contributed by atoms with Crippen molar-refractivity contribution < 1.29 is 9.32 Å². The number of carbonyl (C=O) groups excluding carboxylic acids is 1. The minimum absolute atomic E-state index is 0.0237. The van der Waals surface area contributed by atoms with E-state index in [0.29, 0.717) is 17.3 Å². The second kappa shape index (κ2) is 6.50. The van der Waals surface area contributed by atoms with Gasteiger partial charge in [0.05, 0.1) is 5.75 Å². The van der Waals surface area contributed by atoms with Gasteiger partial charge >= 0.3 is 0 Å². The summed E-state index contributed by atoms with van der Waals surface area (Å²) in [5, 5.41) is 6.36. The van der Waals surface area contributed by atoms with Crippen molar-refractivity contribution >= 4 is 23.5 Å². The number of nitrogens with one attached hydrogen (secondary N) is 1. The maximum Gasteiger partial charge on any atom is 0.235 e. The molecule has 0 spiro atoms. The van der Waals surface area contributed by atoms with E-state index in [0.717, 1.165) is 18.6 Å². The minimum Gasteiger partial charge on any atom is -0.360 e. The van der Waals surface area contributed by atoms with Crippen LogP contribution < -0.4 is 5.32 Å². The summed E-state index contributed by atoms with van der Waals surface area (Å²) >= 11 is 1.64. The van der Waals surface area contributed by atoms with Crippen LogP contribution in [0.3, 0.4) is 0 Å². The van der Waals surface area contributed by atoms with Crippen molar-refractivity contribution in [1.82, 2.24) is 5.16 Å². The van der Waals surface area contributed by atoms with Gasteiger partial charge in [0.2, 0.25) is 5.91 Å². The SMILES string of the molecule is CCCCSCC(=O)Nc1cc(C)on1. The molecule has 1 rings (SSSR count). The number of unbranched alkanes of at least 4 members (excludes halogenated alkanes) is 1. The maximum atomic E-state index is 11.4. The third-order valence-corrected chi connectivity index (χ3v) is 2.81. The summed E-state index contributed by atoms with van der Waals surface area (Å²) < 4.78 is 4.84. The lowest BCUT2D eigenvalue weighted by Crippen LogP contribution is -2.14. The number of aromatic nitrogens is 1. The van der Waals surface area contributed by atoms with E-state index in [1.165, 1.54) is 0 Å². The van der Waals surface area contributed by atoms with Gasteiger partial charge in [-0.2, -0.15) is 11.8 Å². The summed E-state index contributed by atoms with van der Waals surface area (Å²) in [6.07, 6.45) is 2.32. The Kier molecular flexibility index (Phi) is 5.25. The molecular weight excluding hydrogens is 212 g/mol. The molecule has 0 aromatic carbocycles. The summed E-state index contributed by atoms with van der Waals surface area (Å²) in [6, 6.07) is 1.70. The normalized spacial score (nSPS) is 10.3. The number of carbonyl (C=O) groups is 1. The Balaban J connectivity index is 2.18. The monoisotopic (exact) mass is 228 g/mol. The lowest BCUT2D eigenvalue weighted by Gasteiger charge is -2.00. The van der Waals surface area contributed by atoms with E-state index in [2.05, 4.69) is 17.4 Å². The van der Waals surface area contributed by atoms with Gasteiger partial charge in [-0.05, 0) is 19.1 Å². The molecule has 1 N–H and O–H groups in total. The van der Waals surface area contributed by atoms with Gasteiger partial charge in [0.25, 0.3) is 0 Å². The topological polar surface area (TPSA) is 55.1 Å². The lowest BCUT2D eigenvalue weighted by atomic mass is 10.4. The highest BCUT2D eigenvalue weighted by atomic mass is 32.2. The maximum absolute atomic E-state index is 11.4. The predicted octanol–water partition coefficient (Wildman–Crippen LogP) is 2.45. The van der Waals surface area contributed by atoms with Gasteiger partial charge in [-0.3, -0.25) is 4.79 Å². The summed E-state index contributed by atoms with van der Waals surface area (Å²) in [5.41, 5.74) is 0. The zero-order valence-electron chi connectivity index (χ0n) is 9.08. The molecule has 0 aliphatic heterocycles. The van der Waals surface area contributed by atoms with Gasteiger partial charge in [-0.25, -0.2) is 0 Å². The number of aryl methyl sites for hydroxylation is 1. The van der Waals surface area contributed by atoms with Crippen LogP contribution in [0.4, 0.5) is 5.82 Å². The second-order valence-electron chi connectivity index (χ2n) is 3.28. The molecule has 1 aromatic heterocycles. The molecule has 84 valence electrons. The quantitative estimate of drug-likeness (QED) is 0.760. The molecule has 4 nitrogen and oxygen atoms in total. The molecule has 0 atom stereocenters. The Morgan fingerprint density at radius 1 is 1.67 bits per heavy atom. The van der Waals surface area contributed by atoms with Gasteiger partial charge in [0.15, 0.2) is 5.82 Å². The third-order valence-electron chi connectivity index (χ3n) is 1.77. The Morgan fingerprint density at radius 3 is 3.07 bits per heavy atom. The van der Waals surface area contributed by atoms with E-state index in [1.54, 1.807) is 24.8 Å². The Morgan fingerprint density at radius 2 is 2.47 bits per heavy atom. The van der Waals surface area contributed by atoms with Crippen molar-refractivity contribution in [3.63, 3.8) is 0 Å². The van der Waals surface area contributed by atoms with Gasteiger partial charge in [-0.1, -0.05) is 18.5 Å². The Labute approximate surface area is 93.8 Å². The zero-order valence-corrected chi connectivity index (χ0v) is 9.89. The highest BCUT2D eigenvalue weighted by Gasteiger charge is 2.05. The van der Waals surface area contributed by atoms with Crippen LogP contribution in [0.2, 0.25) is 0 Å². The molecule has 0 saturated carbocycles. The number of hydrogen-bond acceptors (Lipinski definition) is 4. The fraction of sp³-hybridized carbons (Fsp3) is 0.600. The number of anilines is 1. The van der Waals surface area contributed by atoms with Gasteiger partial charge in [0.1, 0.15) is 5.76 Å². The molecule has 0 fully saturated rings. The smallest absolute Gasteiger partial charge is 0.235 e. The van der Waals surface area contributed by atoms with Crippen LogP contribution in [0.1, 0.15) is 25.5 Å². The average molecular weight is 228 g/mol. The van der Waals surface area contributed by atoms with Gasteiger partial charge in [0, 0.05) is 6.07 Å². The molecule has 1 aromatic rings. The third kappa shape index (κ3) is 4.88. The van der Waals surface area contributed by atoms with E-state index in [-0.39, 0.29) is 5.91 Å². The predicted molar refractivity (Wildman–Crippen MR) is 62.1 cm³/mol. The summed E-state index contributed by atoms with van der Waals surface area (Å²) in [4.78, 5) is 11.4. The fourth-order valence-corrected chi connectivity index (χ4v) is 1.91. The molecule has 0 aliphatic rings. The Bertz CT molecular complexity index is 312. The molecule has 0 bridgehead atoms. The van der Waals surface area contributed by atoms with Crippen molar-refractivity contribution in [2.45, 2.75) is 26.7 Å². The molecule has 0 unspecified atom stereocenters. The van der Waals surface area contributed by atoms with E-state index in [1.807, 2.05) is 0 Å². The van der Waals surface area contributed by atoms with Crippen molar-refractivity contribution in [3.05, 3.63) is 11.8 Å². The first kappa shape index (κ1) is 12.1. The highest BCUT2D eigenvalue weighted by molar-refractivity contribution is 7.99. The summed E-state index contributed by atoms with van der Waals surface area (Å²) in [7, 11) is 0. The van der Waals surface area contributed by atoms with Crippen LogP contribution in [0.15, 0.2) is 10.6 Å². The zero-order chi connectivity index (χ0) is 11.1. The first-order chi connectivity index (χ1) is 7.22. The fourth-order valence-electron chi connectivity index (χ4n) is 1.02. The minimum atomic E-state index is -0.0237. The Hall–Kier alpha value is -0.970. The van der Waals surface area contributed by atoms with E-state index < -0.39 is 0 Å². The van der Waals surface area contributed by atoms with E-state index >= 15 is 0 Å². The molecule has 0 aliphatic carbocycles. The van der Waals surface area contributed by atoms with Crippen LogP contribution in [0.25, 0.3) is 0 Å². The molecule has 15 heavy (non-hydrogen) atoms. The molecule has 5 heteroatoms. The lowest BCUT2D eigenvalue weighted by molar-refractivity contribution is -0.113. The summed E-state index contributed by atoms with van der Waals surface area (Å²) in [5.74, 6) is 2.68. The molecule has 1 amide bonds. The van der Waals surface area contributed by atoms with Gasteiger partial charge in [-0.15, -0.1) is 0 Å². The van der Waals surface area contributed by atoms with Crippen molar-refractivity contribution in [3.8, 4) is 0 Å². The van der Waals surface area contributed by atoms with Crippen molar-refractivity contribution in [1.29, 1.82) is 0 Å². The number of amides is 1. The highest BCUT2D eigenvalue weighted by Crippen LogP contribution is 2.09. The largest absolute Gasteiger partial charge is 0.360 e. The van der Waals surface area contributed by atoms with Crippen LogP contribution in [0, 0.1) is 6.92 Å². The summed E-state index contributed by atoms with van der Waals surface area (Å²) in [6.45, 7) is 3.93. The molecule has 1 heterocycles. The van der Waals surface area contributed by atoms with Crippen LogP contribution in [-0.2, 0) is 4.79 Å². The molecular formula is C10H16N2O2S. The van der Waals surface area contributed by atoms with Gasteiger partial charge < -0.3 is 9.84 Å². The van der Waals surface area contributed by atoms with E-state index in [4.69, 9.17) is 4.52 Å². The van der Waals surface area contributed by atoms with Crippen molar-refractivity contribution in [2.24, 2.45) is 0 Å². The standard InChI is InChI=1S/C10H16N2O2S/c1-3-4-5-15-7-10(13)11-9-6-8(2)14-12-9/h6H,3-5,7H2,1-2H3,(H,11,12,13). The molecule has 0 saturated heterocycles. The number of hydrogen-bond donors (Lipinski definition) is 1. The molecule has 0 radical (unpaired) electrons. The van der Waals surface area contributed by atoms with Crippen molar-refractivity contribution in [2.75, 3.05) is 16.8 Å². The van der Waals surface area contributed by atoms with E-state index in [9.17, 15) is 4.79 Å². The van der Waals surface area contributed by atoms with Crippen LogP contribution in [-0.4, -0.2) is 22.6 Å². The average Bonchev–Trinajstić information content (AvgIpc) is 2.59. The van der Waals surface area contributed by atoms with Crippen LogP contribution >= 0.6 is 11.8 Å². The number of thioether (sulfide) groups is 1. The second-order valence-corrected chi connectivity index (χ2v) is 4.38. The number of nitrogens with zero attached hydrogens (tertiary/aromatic N) is 1. The number of rotatable bonds is 6.